The average molecular weight is 262 g/mol. The summed E-state index contributed by atoms with van der Waals surface area (Å²) in [7, 11) is -1.20. The Labute approximate surface area is 101 Å². The van der Waals surface area contributed by atoms with Gasteiger partial charge in [-0.2, -0.15) is 13.2 Å². The van der Waals surface area contributed by atoms with E-state index >= 15 is 0 Å². The Bertz CT molecular complexity index is 348. The third-order valence-electron chi connectivity index (χ3n) is 2.65. The maximum Gasteiger partial charge on any atom is 0.416 e. The second-order valence-corrected chi connectivity index (χ2v) is 7.16. The number of alkyl halides is 3. The summed E-state index contributed by atoms with van der Waals surface area (Å²) < 4.78 is 43.1. The van der Waals surface area contributed by atoms with Crippen LogP contribution in [0.3, 0.4) is 0 Å². The minimum absolute atomic E-state index is 0.294. The van der Waals surface area contributed by atoms with Crippen LogP contribution < -0.4 is 0 Å². The van der Waals surface area contributed by atoms with Gasteiger partial charge in [0.2, 0.25) is 0 Å². The highest BCUT2D eigenvalue weighted by atomic mass is 28.3. The fourth-order valence-electron chi connectivity index (χ4n) is 1.58. The fourth-order valence-corrected chi connectivity index (χ4v) is 3.05. The highest BCUT2D eigenvalue weighted by molar-refractivity contribution is 6.51. The minimum atomic E-state index is -4.28. The zero-order valence-electron chi connectivity index (χ0n) is 10.1. The summed E-state index contributed by atoms with van der Waals surface area (Å²) in [5.41, 5.74) is -0.0101. The van der Waals surface area contributed by atoms with Gasteiger partial charge < -0.3 is 4.43 Å². The summed E-state index contributed by atoms with van der Waals surface area (Å²) >= 11 is 0. The van der Waals surface area contributed by atoms with Crippen LogP contribution >= 0.6 is 0 Å². The van der Waals surface area contributed by atoms with Crippen LogP contribution in [0.15, 0.2) is 24.3 Å². The number of halogens is 3. The molecule has 0 bridgehead atoms. The molecule has 0 heterocycles. The quantitative estimate of drug-likeness (QED) is 0.729. The van der Waals surface area contributed by atoms with Crippen LogP contribution in [0.1, 0.15) is 25.0 Å². The topological polar surface area (TPSA) is 9.23 Å². The standard InChI is InChI=1S/C12H17F3OSi/c1-3-17(4-2)16-9-10-6-5-7-11(8-10)12(13,14)15/h5-8,17H,3-4,9H2,1-2H3. The van der Waals surface area contributed by atoms with Gasteiger partial charge in [0.1, 0.15) is 0 Å². The van der Waals surface area contributed by atoms with Crippen molar-refractivity contribution in [1.29, 1.82) is 0 Å². The average Bonchev–Trinajstić information content (AvgIpc) is 2.30. The first kappa shape index (κ1) is 14.2. The molecule has 5 heteroatoms. The SMILES string of the molecule is CC[SiH](CC)OCc1cccc(C(F)(F)F)c1. The first-order chi connectivity index (χ1) is 7.97. The highest BCUT2D eigenvalue weighted by Crippen LogP contribution is 2.29. The second-order valence-electron chi connectivity index (χ2n) is 3.95. The lowest BCUT2D eigenvalue weighted by atomic mass is 10.1. The fraction of sp³-hybridized carbons (Fsp3) is 0.500. The smallest absolute Gasteiger partial charge is 0.416 e. The predicted molar refractivity (Wildman–Crippen MR) is 64.3 cm³/mol. The van der Waals surface area contributed by atoms with Crippen LogP contribution in [0.5, 0.6) is 0 Å². The van der Waals surface area contributed by atoms with Crippen molar-refractivity contribution in [2.45, 2.75) is 38.7 Å². The van der Waals surface area contributed by atoms with Crippen molar-refractivity contribution < 1.29 is 17.6 Å². The molecular formula is C12H17F3OSi. The van der Waals surface area contributed by atoms with Crippen LogP contribution in [0, 0.1) is 0 Å². The van der Waals surface area contributed by atoms with E-state index in [9.17, 15) is 13.2 Å². The zero-order valence-corrected chi connectivity index (χ0v) is 11.2. The van der Waals surface area contributed by atoms with Crippen LogP contribution in [-0.2, 0) is 17.2 Å². The summed E-state index contributed by atoms with van der Waals surface area (Å²) in [5.74, 6) is 0. The van der Waals surface area contributed by atoms with Gasteiger partial charge in [0.25, 0.3) is 0 Å². The van der Waals surface area contributed by atoms with Gasteiger partial charge in [0.05, 0.1) is 12.2 Å². The maximum absolute atomic E-state index is 12.5. The third-order valence-corrected chi connectivity index (χ3v) is 5.11. The molecule has 96 valence electrons. The molecule has 0 aliphatic carbocycles. The zero-order chi connectivity index (χ0) is 12.9. The van der Waals surface area contributed by atoms with E-state index in [1.807, 2.05) is 0 Å². The molecule has 17 heavy (non-hydrogen) atoms. The van der Waals surface area contributed by atoms with Crippen molar-refractivity contribution in [2.75, 3.05) is 0 Å². The van der Waals surface area contributed by atoms with Crippen LogP contribution in [0.25, 0.3) is 0 Å². The Morgan fingerprint density at radius 2 is 1.82 bits per heavy atom. The summed E-state index contributed by atoms with van der Waals surface area (Å²) in [6, 6.07) is 7.36. The third kappa shape index (κ3) is 4.51. The van der Waals surface area contributed by atoms with E-state index < -0.39 is 20.8 Å². The van der Waals surface area contributed by atoms with Crippen molar-refractivity contribution in [1.82, 2.24) is 0 Å². The first-order valence-corrected chi connectivity index (χ1v) is 7.85. The van der Waals surface area contributed by atoms with Gasteiger partial charge in [-0.25, -0.2) is 0 Å². The Balaban J connectivity index is 2.66. The van der Waals surface area contributed by atoms with Crippen molar-refractivity contribution >= 4 is 9.04 Å². The highest BCUT2D eigenvalue weighted by Gasteiger charge is 2.30. The Morgan fingerprint density at radius 1 is 1.18 bits per heavy atom. The van der Waals surface area contributed by atoms with Gasteiger partial charge in [-0.15, -0.1) is 0 Å². The van der Waals surface area contributed by atoms with Crippen molar-refractivity contribution in [3.05, 3.63) is 35.4 Å². The molecular weight excluding hydrogens is 245 g/mol. The molecule has 1 aromatic carbocycles. The Morgan fingerprint density at radius 3 is 2.35 bits per heavy atom. The van der Waals surface area contributed by atoms with E-state index in [0.29, 0.717) is 12.2 Å². The van der Waals surface area contributed by atoms with Crippen LogP contribution in [0.4, 0.5) is 13.2 Å². The van der Waals surface area contributed by atoms with Crippen LogP contribution in [0.2, 0.25) is 12.1 Å². The largest absolute Gasteiger partial charge is 0.416 e. The number of rotatable bonds is 5. The van der Waals surface area contributed by atoms with Crippen molar-refractivity contribution in [3.63, 3.8) is 0 Å². The summed E-state index contributed by atoms with van der Waals surface area (Å²) in [4.78, 5) is 0. The monoisotopic (exact) mass is 262 g/mol. The molecule has 0 saturated carbocycles. The lowest BCUT2D eigenvalue weighted by Crippen LogP contribution is -2.15. The van der Waals surface area contributed by atoms with E-state index in [1.165, 1.54) is 6.07 Å². The van der Waals surface area contributed by atoms with Gasteiger partial charge in [0, 0.05) is 0 Å². The molecule has 0 atom stereocenters. The molecule has 0 amide bonds. The number of hydrogen-bond donors (Lipinski definition) is 0. The molecule has 0 unspecified atom stereocenters. The summed E-state index contributed by atoms with van der Waals surface area (Å²) in [6.07, 6.45) is -4.28. The predicted octanol–water partition coefficient (Wildman–Crippen LogP) is 3.99. The van der Waals surface area contributed by atoms with E-state index in [1.54, 1.807) is 6.07 Å². The lowest BCUT2D eigenvalue weighted by Gasteiger charge is -2.13. The number of benzene rings is 1. The Hall–Kier alpha value is -0.813. The molecule has 0 aliphatic rings. The molecule has 0 spiro atoms. The molecule has 0 aromatic heterocycles. The first-order valence-electron chi connectivity index (χ1n) is 5.75. The van der Waals surface area contributed by atoms with Crippen molar-refractivity contribution in [2.24, 2.45) is 0 Å². The van der Waals surface area contributed by atoms with Gasteiger partial charge in [-0.05, 0) is 29.8 Å². The van der Waals surface area contributed by atoms with Gasteiger partial charge in [-0.3, -0.25) is 0 Å². The summed E-state index contributed by atoms with van der Waals surface area (Å²) in [6.45, 7) is 4.42. The van der Waals surface area contributed by atoms with Gasteiger partial charge in [-0.1, -0.05) is 26.0 Å². The number of hydrogen-bond acceptors (Lipinski definition) is 1. The van der Waals surface area contributed by atoms with Gasteiger partial charge in [0.15, 0.2) is 9.04 Å². The molecule has 0 fully saturated rings. The van der Waals surface area contributed by atoms with E-state index in [-0.39, 0.29) is 0 Å². The summed E-state index contributed by atoms with van der Waals surface area (Å²) in [5, 5.41) is 0. The molecule has 0 N–H and O–H groups in total. The maximum atomic E-state index is 12.5. The van der Waals surface area contributed by atoms with E-state index in [0.717, 1.165) is 24.2 Å². The van der Waals surface area contributed by atoms with E-state index in [2.05, 4.69) is 13.8 Å². The molecule has 0 aliphatic heterocycles. The normalized spacial score (nSPS) is 12.1. The van der Waals surface area contributed by atoms with Crippen molar-refractivity contribution in [3.8, 4) is 0 Å². The molecule has 1 rings (SSSR count). The van der Waals surface area contributed by atoms with Gasteiger partial charge >= 0.3 is 6.18 Å². The molecule has 1 aromatic rings. The second kappa shape index (κ2) is 6.21. The molecule has 0 saturated heterocycles. The minimum Gasteiger partial charge on any atom is -0.416 e. The van der Waals surface area contributed by atoms with Crippen LogP contribution in [-0.4, -0.2) is 9.04 Å². The molecule has 1 nitrogen and oxygen atoms in total. The Kier molecular flexibility index (Phi) is 5.20. The lowest BCUT2D eigenvalue weighted by molar-refractivity contribution is -0.137. The molecule has 0 radical (unpaired) electrons. The van der Waals surface area contributed by atoms with E-state index in [4.69, 9.17) is 4.43 Å².